The Hall–Kier alpha value is -3.99. The highest BCUT2D eigenvalue weighted by atomic mass is 16.1. The van der Waals surface area contributed by atoms with E-state index >= 15 is 0 Å². The summed E-state index contributed by atoms with van der Waals surface area (Å²) in [5.41, 5.74) is 3.15. The lowest BCUT2D eigenvalue weighted by molar-refractivity contribution is 0.590. The molecule has 5 nitrogen and oxygen atoms in total. The zero-order chi connectivity index (χ0) is 23.3. The van der Waals surface area contributed by atoms with Crippen LogP contribution in [0.25, 0.3) is 39.0 Å². The highest BCUT2D eigenvalue weighted by molar-refractivity contribution is 5.92. The first-order valence-corrected chi connectivity index (χ1v) is 11.0. The summed E-state index contributed by atoms with van der Waals surface area (Å²) in [7, 11) is 1.84. The van der Waals surface area contributed by atoms with E-state index in [0.29, 0.717) is 22.5 Å². The summed E-state index contributed by atoms with van der Waals surface area (Å²) in [6.07, 6.45) is 0. The number of para-hydroxylation sites is 2. The van der Waals surface area contributed by atoms with Crippen LogP contribution in [0.5, 0.6) is 0 Å². The molecule has 0 saturated carbocycles. The quantitative estimate of drug-likeness (QED) is 0.358. The molecular formula is C28H25N3O2. The van der Waals surface area contributed by atoms with Gasteiger partial charge in [-0.3, -0.25) is 14.2 Å². The molecule has 0 unspecified atom stereocenters. The van der Waals surface area contributed by atoms with E-state index in [1.54, 1.807) is 10.6 Å². The minimum absolute atomic E-state index is 0.0112. The van der Waals surface area contributed by atoms with E-state index in [4.69, 9.17) is 4.98 Å². The third kappa shape index (κ3) is 3.37. The van der Waals surface area contributed by atoms with Gasteiger partial charge in [0.2, 0.25) is 5.43 Å². The molecule has 0 saturated heterocycles. The van der Waals surface area contributed by atoms with Gasteiger partial charge < -0.3 is 4.57 Å². The number of hydrogen-bond acceptors (Lipinski definition) is 3. The van der Waals surface area contributed by atoms with Gasteiger partial charge >= 0.3 is 0 Å². The van der Waals surface area contributed by atoms with Crippen molar-refractivity contribution < 1.29 is 0 Å². The number of nitrogens with zero attached hydrogens (tertiary/aromatic N) is 3. The molecule has 0 N–H and O–H groups in total. The largest absolute Gasteiger partial charge is 0.328 e. The molecule has 0 amide bonds. The first kappa shape index (κ1) is 20.9. The number of rotatable bonds is 2. The molecule has 33 heavy (non-hydrogen) atoms. The SMILES string of the molecule is Cn1c2ccccc2c(=O)c2c(=O)n(-c3ccccc3)c(-c3ccc(C(C)(C)C)cc3)nc21. The summed E-state index contributed by atoms with van der Waals surface area (Å²) >= 11 is 0. The molecule has 0 aliphatic carbocycles. The van der Waals surface area contributed by atoms with Crippen LogP contribution in [0.1, 0.15) is 26.3 Å². The van der Waals surface area contributed by atoms with Gasteiger partial charge in [-0.15, -0.1) is 0 Å². The van der Waals surface area contributed by atoms with E-state index in [1.807, 2.05) is 72.3 Å². The molecule has 0 aliphatic heterocycles. The van der Waals surface area contributed by atoms with Crippen LogP contribution in [0.2, 0.25) is 0 Å². The first-order valence-electron chi connectivity index (χ1n) is 11.0. The number of hydrogen-bond donors (Lipinski definition) is 0. The highest BCUT2D eigenvalue weighted by Crippen LogP contribution is 2.27. The summed E-state index contributed by atoms with van der Waals surface area (Å²) in [6, 6.07) is 24.8. The maximum absolute atomic E-state index is 13.9. The number of aryl methyl sites for hydroxylation is 1. The van der Waals surface area contributed by atoms with E-state index in [0.717, 1.165) is 11.1 Å². The van der Waals surface area contributed by atoms with Gasteiger partial charge in [-0.1, -0.05) is 75.4 Å². The topological polar surface area (TPSA) is 56.9 Å². The maximum atomic E-state index is 13.9. The van der Waals surface area contributed by atoms with Crippen LogP contribution in [-0.4, -0.2) is 14.1 Å². The second-order valence-electron chi connectivity index (χ2n) is 9.34. The molecule has 2 aromatic heterocycles. The highest BCUT2D eigenvalue weighted by Gasteiger charge is 2.21. The van der Waals surface area contributed by atoms with Crippen LogP contribution in [0.3, 0.4) is 0 Å². The minimum Gasteiger partial charge on any atom is -0.328 e. The van der Waals surface area contributed by atoms with Gasteiger partial charge in [0.25, 0.3) is 5.56 Å². The lowest BCUT2D eigenvalue weighted by atomic mass is 9.86. The van der Waals surface area contributed by atoms with E-state index in [2.05, 4.69) is 32.9 Å². The van der Waals surface area contributed by atoms with Gasteiger partial charge in [0.15, 0.2) is 5.65 Å². The number of aromatic nitrogens is 3. The Bertz CT molecular complexity index is 1620. The Labute approximate surface area is 191 Å². The van der Waals surface area contributed by atoms with Crippen molar-refractivity contribution in [3.63, 3.8) is 0 Å². The summed E-state index contributed by atoms with van der Waals surface area (Å²) < 4.78 is 3.38. The minimum atomic E-state index is -0.368. The zero-order valence-corrected chi connectivity index (χ0v) is 19.2. The van der Waals surface area contributed by atoms with Crippen molar-refractivity contribution in [3.05, 3.63) is 105 Å². The molecule has 0 bridgehead atoms. The molecular weight excluding hydrogens is 410 g/mol. The van der Waals surface area contributed by atoms with Crippen LogP contribution in [0.15, 0.2) is 88.5 Å². The van der Waals surface area contributed by atoms with Gasteiger partial charge in [0, 0.05) is 18.0 Å². The van der Waals surface area contributed by atoms with Crippen molar-refractivity contribution >= 4 is 21.9 Å². The third-order valence-corrected chi connectivity index (χ3v) is 6.14. The molecule has 3 aromatic carbocycles. The maximum Gasteiger partial charge on any atom is 0.271 e. The van der Waals surface area contributed by atoms with E-state index in [-0.39, 0.29) is 21.8 Å². The molecule has 5 rings (SSSR count). The van der Waals surface area contributed by atoms with E-state index in [9.17, 15) is 9.59 Å². The van der Waals surface area contributed by atoms with Crippen molar-refractivity contribution in [2.75, 3.05) is 0 Å². The van der Waals surface area contributed by atoms with Crippen molar-refractivity contribution in [2.24, 2.45) is 7.05 Å². The second kappa shape index (κ2) is 7.55. The summed E-state index contributed by atoms with van der Waals surface area (Å²) in [5, 5.41) is 0.600. The molecule has 5 aromatic rings. The number of pyridine rings is 1. The van der Waals surface area contributed by atoms with Crippen LogP contribution >= 0.6 is 0 Å². The fourth-order valence-electron chi connectivity index (χ4n) is 4.29. The smallest absolute Gasteiger partial charge is 0.271 e. The molecule has 0 aliphatic rings. The molecule has 164 valence electrons. The lowest BCUT2D eigenvalue weighted by Gasteiger charge is -2.20. The molecule has 0 atom stereocenters. The van der Waals surface area contributed by atoms with Crippen LogP contribution in [0.4, 0.5) is 0 Å². The molecule has 0 fully saturated rings. The zero-order valence-electron chi connectivity index (χ0n) is 19.2. The Morgan fingerprint density at radius 3 is 2.09 bits per heavy atom. The molecule has 0 radical (unpaired) electrons. The lowest BCUT2D eigenvalue weighted by Crippen LogP contribution is -2.28. The average molecular weight is 436 g/mol. The fourth-order valence-corrected chi connectivity index (χ4v) is 4.29. The van der Waals surface area contributed by atoms with Crippen LogP contribution in [-0.2, 0) is 12.5 Å². The van der Waals surface area contributed by atoms with Crippen molar-refractivity contribution in [1.82, 2.24) is 14.1 Å². The summed E-state index contributed by atoms with van der Waals surface area (Å²) in [5.74, 6) is 0.504. The predicted octanol–water partition coefficient (Wildman–Crippen LogP) is 5.20. The number of fused-ring (bicyclic) bond motifs is 2. The van der Waals surface area contributed by atoms with Gasteiger partial charge in [-0.25, -0.2) is 4.98 Å². The standard InChI is InChI=1S/C28H25N3O2/c1-28(2,3)19-16-14-18(15-17-19)25-29-26-23(27(33)31(25)20-10-6-5-7-11-20)24(32)21-12-8-9-13-22(21)30(26)4/h5-17H,1-4H3. The summed E-state index contributed by atoms with van der Waals surface area (Å²) in [6.45, 7) is 6.49. The van der Waals surface area contributed by atoms with Gasteiger partial charge in [0.05, 0.1) is 11.2 Å². The monoisotopic (exact) mass is 435 g/mol. The van der Waals surface area contributed by atoms with Crippen molar-refractivity contribution in [1.29, 1.82) is 0 Å². The van der Waals surface area contributed by atoms with Gasteiger partial charge in [0.1, 0.15) is 11.2 Å². The molecule has 2 heterocycles. The number of benzene rings is 3. The fraction of sp³-hybridized carbons (Fsp3) is 0.179. The first-order chi connectivity index (χ1) is 15.8. The van der Waals surface area contributed by atoms with Crippen molar-refractivity contribution in [2.45, 2.75) is 26.2 Å². The average Bonchev–Trinajstić information content (AvgIpc) is 2.82. The third-order valence-electron chi connectivity index (χ3n) is 6.14. The Balaban J connectivity index is 1.92. The van der Waals surface area contributed by atoms with Crippen LogP contribution in [0, 0.1) is 0 Å². The Morgan fingerprint density at radius 1 is 0.788 bits per heavy atom. The van der Waals surface area contributed by atoms with E-state index in [1.165, 1.54) is 5.56 Å². The molecule has 5 heteroatoms. The van der Waals surface area contributed by atoms with Crippen molar-refractivity contribution in [3.8, 4) is 17.1 Å². The van der Waals surface area contributed by atoms with E-state index < -0.39 is 0 Å². The predicted molar refractivity (Wildman–Crippen MR) is 134 cm³/mol. The van der Waals surface area contributed by atoms with Gasteiger partial charge in [-0.2, -0.15) is 0 Å². The molecule has 0 spiro atoms. The Morgan fingerprint density at radius 2 is 1.42 bits per heavy atom. The summed E-state index contributed by atoms with van der Waals surface area (Å²) in [4.78, 5) is 32.2. The Kier molecular flexibility index (Phi) is 4.78. The second-order valence-corrected chi connectivity index (χ2v) is 9.34. The normalized spacial score (nSPS) is 11.9. The van der Waals surface area contributed by atoms with Gasteiger partial charge in [-0.05, 0) is 35.2 Å². The van der Waals surface area contributed by atoms with Crippen LogP contribution < -0.4 is 11.0 Å².